The van der Waals surface area contributed by atoms with Gasteiger partial charge in [-0.25, -0.2) is 0 Å². The summed E-state index contributed by atoms with van der Waals surface area (Å²) in [6.07, 6.45) is 3.18. The van der Waals surface area contributed by atoms with Crippen LogP contribution in [0.5, 0.6) is 0 Å². The van der Waals surface area contributed by atoms with Gasteiger partial charge in [-0.15, -0.1) is 0 Å². The van der Waals surface area contributed by atoms with E-state index in [1.165, 1.54) is 12.1 Å². The van der Waals surface area contributed by atoms with E-state index in [1.54, 1.807) is 0 Å². The summed E-state index contributed by atoms with van der Waals surface area (Å²) in [6.45, 7) is 1.22. The average Bonchev–Trinajstić information content (AvgIpc) is 3.00. The molecule has 9 nitrogen and oxygen atoms in total. The molecule has 1 aromatic rings. The normalized spacial score (nSPS) is 23.8. The second-order valence-electron chi connectivity index (χ2n) is 6.21. The average molecular weight is 334 g/mol. The largest absolute Gasteiger partial charge is 0.363 e. The monoisotopic (exact) mass is 334 g/mol. The molecule has 0 radical (unpaired) electrons. The lowest BCUT2D eigenvalue weighted by Crippen LogP contribution is -2.45. The van der Waals surface area contributed by atoms with Crippen LogP contribution < -0.4 is 10.2 Å². The van der Waals surface area contributed by atoms with E-state index in [0.29, 0.717) is 25.2 Å². The number of benzene rings is 1. The predicted molar refractivity (Wildman–Crippen MR) is 85.9 cm³/mol. The number of nitrogens with zero attached hydrogens (tertiary/aromatic N) is 3. The van der Waals surface area contributed by atoms with Gasteiger partial charge in [0.05, 0.1) is 15.9 Å². The highest BCUT2D eigenvalue weighted by Gasteiger charge is 2.37. The van der Waals surface area contributed by atoms with E-state index in [9.17, 15) is 25.0 Å². The number of nitrogens with one attached hydrogen (secondary N) is 1. The van der Waals surface area contributed by atoms with Gasteiger partial charge in [0.25, 0.3) is 11.4 Å². The molecule has 2 fully saturated rings. The molecule has 2 heterocycles. The Morgan fingerprint density at radius 2 is 1.96 bits per heavy atom. The van der Waals surface area contributed by atoms with E-state index in [2.05, 4.69) is 5.32 Å². The molecule has 24 heavy (non-hydrogen) atoms. The molecule has 128 valence electrons. The molecule has 2 aliphatic heterocycles. The summed E-state index contributed by atoms with van der Waals surface area (Å²) in [6, 6.07) is 3.79. The number of carbonyl (C=O) groups is 1. The molecular formula is C15H18N4O5. The van der Waals surface area contributed by atoms with E-state index in [-0.39, 0.29) is 29.2 Å². The molecule has 2 saturated heterocycles. The van der Waals surface area contributed by atoms with Crippen molar-refractivity contribution in [1.29, 1.82) is 0 Å². The molecule has 2 aliphatic rings. The molecule has 0 saturated carbocycles. The summed E-state index contributed by atoms with van der Waals surface area (Å²) in [5.74, 6) is 0.108. The SMILES string of the molecule is O=C1C[C@@H]([C@H]2CCCCN2c2ccc([N+](=O)[O-])cc2[N+](=O)[O-])CN1. The zero-order chi connectivity index (χ0) is 17.3. The Morgan fingerprint density at radius 1 is 1.17 bits per heavy atom. The van der Waals surface area contributed by atoms with Crippen LogP contribution in [0.4, 0.5) is 17.1 Å². The van der Waals surface area contributed by atoms with Crippen molar-refractivity contribution in [2.24, 2.45) is 5.92 Å². The van der Waals surface area contributed by atoms with Gasteiger partial charge in [-0.2, -0.15) is 0 Å². The van der Waals surface area contributed by atoms with Crippen LogP contribution in [0.1, 0.15) is 25.7 Å². The predicted octanol–water partition coefficient (Wildman–Crippen LogP) is 2.00. The number of amides is 1. The first-order valence-corrected chi connectivity index (χ1v) is 7.93. The number of nitro benzene ring substituents is 2. The summed E-state index contributed by atoms with van der Waals surface area (Å²) >= 11 is 0. The number of nitro groups is 2. The van der Waals surface area contributed by atoms with Gasteiger partial charge in [-0.1, -0.05) is 0 Å². The van der Waals surface area contributed by atoms with E-state index < -0.39 is 9.85 Å². The number of carbonyl (C=O) groups excluding carboxylic acids is 1. The maximum absolute atomic E-state index is 11.5. The summed E-state index contributed by atoms with van der Waals surface area (Å²) < 4.78 is 0. The summed E-state index contributed by atoms with van der Waals surface area (Å²) in [4.78, 5) is 34.6. The molecule has 1 aromatic carbocycles. The molecule has 0 bridgehead atoms. The Balaban J connectivity index is 1.96. The van der Waals surface area contributed by atoms with Crippen molar-refractivity contribution in [3.8, 4) is 0 Å². The zero-order valence-corrected chi connectivity index (χ0v) is 13.0. The van der Waals surface area contributed by atoms with Crippen LogP contribution in [0.25, 0.3) is 0 Å². The number of non-ortho nitro benzene ring substituents is 1. The Hall–Kier alpha value is -2.71. The van der Waals surface area contributed by atoms with Crippen LogP contribution in [-0.4, -0.2) is 34.9 Å². The third-order valence-electron chi connectivity index (χ3n) is 4.78. The minimum Gasteiger partial charge on any atom is -0.363 e. The third-order valence-corrected chi connectivity index (χ3v) is 4.78. The van der Waals surface area contributed by atoms with Crippen molar-refractivity contribution in [3.63, 3.8) is 0 Å². The fourth-order valence-electron chi connectivity index (χ4n) is 3.66. The standard InChI is InChI=1S/C15H18N4O5/c20-15-7-10(9-16-15)12-3-1-2-6-17(12)13-5-4-11(18(21)22)8-14(13)19(23)24/h4-5,8,10,12H,1-3,6-7,9H2,(H,16,20)/t10-,12-/m1/s1. The number of anilines is 1. The smallest absolute Gasteiger partial charge is 0.299 e. The first-order chi connectivity index (χ1) is 11.5. The van der Waals surface area contributed by atoms with Crippen molar-refractivity contribution < 1.29 is 14.6 Å². The fourth-order valence-corrected chi connectivity index (χ4v) is 3.66. The lowest BCUT2D eigenvalue weighted by Gasteiger charge is -2.40. The lowest BCUT2D eigenvalue weighted by molar-refractivity contribution is -0.393. The molecule has 0 aliphatic carbocycles. The van der Waals surface area contributed by atoms with Crippen LogP contribution in [-0.2, 0) is 4.79 Å². The van der Waals surface area contributed by atoms with Crippen LogP contribution in [0.2, 0.25) is 0 Å². The minimum atomic E-state index is -0.635. The highest BCUT2D eigenvalue weighted by Crippen LogP contribution is 2.38. The van der Waals surface area contributed by atoms with E-state index >= 15 is 0 Å². The Morgan fingerprint density at radius 3 is 2.58 bits per heavy atom. The minimum absolute atomic E-state index is 0.00345. The van der Waals surface area contributed by atoms with Crippen LogP contribution in [0.3, 0.4) is 0 Å². The van der Waals surface area contributed by atoms with Crippen LogP contribution in [0, 0.1) is 26.1 Å². The van der Waals surface area contributed by atoms with Gasteiger partial charge < -0.3 is 10.2 Å². The molecule has 1 amide bonds. The fraction of sp³-hybridized carbons (Fsp3) is 0.533. The first kappa shape index (κ1) is 16.2. The number of piperidine rings is 1. The number of hydrogen-bond acceptors (Lipinski definition) is 6. The third kappa shape index (κ3) is 3.01. The van der Waals surface area contributed by atoms with Crippen molar-refractivity contribution in [3.05, 3.63) is 38.4 Å². The van der Waals surface area contributed by atoms with Gasteiger partial charge in [0, 0.05) is 37.5 Å². The summed E-state index contributed by atoms with van der Waals surface area (Å²) in [7, 11) is 0. The quantitative estimate of drug-likeness (QED) is 0.664. The second kappa shape index (κ2) is 6.42. The second-order valence-corrected chi connectivity index (χ2v) is 6.21. The first-order valence-electron chi connectivity index (χ1n) is 7.93. The van der Waals surface area contributed by atoms with Crippen molar-refractivity contribution in [1.82, 2.24) is 5.32 Å². The van der Waals surface area contributed by atoms with E-state index in [0.717, 1.165) is 25.3 Å². The Bertz CT molecular complexity index is 692. The number of rotatable bonds is 4. The Labute approximate surface area is 137 Å². The van der Waals surface area contributed by atoms with Gasteiger partial charge in [0.1, 0.15) is 5.69 Å². The molecule has 1 N–H and O–H groups in total. The summed E-state index contributed by atoms with van der Waals surface area (Å²) in [5.41, 5.74) is -0.153. The molecule has 9 heteroatoms. The number of hydrogen-bond donors (Lipinski definition) is 1. The van der Waals surface area contributed by atoms with Crippen LogP contribution in [0.15, 0.2) is 18.2 Å². The maximum Gasteiger partial charge on any atom is 0.299 e. The Kier molecular flexibility index (Phi) is 4.32. The molecule has 2 atom stereocenters. The highest BCUT2D eigenvalue weighted by atomic mass is 16.6. The van der Waals surface area contributed by atoms with Gasteiger partial charge in [-0.3, -0.25) is 25.0 Å². The maximum atomic E-state index is 11.5. The van der Waals surface area contributed by atoms with Crippen molar-refractivity contribution in [2.75, 3.05) is 18.0 Å². The molecule has 0 spiro atoms. The van der Waals surface area contributed by atoms with Gasteiger partial charge in [0.15, 0.2) is 0 Å². The van der Waals surface area contributed by atoms with Gasteiger partial charge in [-0.05, 0) is 25.3 Å². The molecular weight excluding hydrogens is 316 g/mol. The van der Waals surface area contributed by atoms with Gasteiger partial charge >= 0.3 is 0 Å². The highest BCUT2D eigenvalue weighted by molar-refractivity contribution is 5.78. The molecule has 3 rings (SSSR count). The molecule has 0 aromatic heterocycles. The van der Waals surface area contributed by atoms with E-state index in [4.69, 9.17) is 0 Å². The van der Waals surface area contributed by atoms with Crippen LogP contribution >= 0.6 is 0 Å². The van der Waals surface area contributed by atoms with E-state index in [1.807, 2.05) is 4.90 Å². The van der Waals surface area contributed by atoms with Crippen molar-refractivity contribution >= 4 is 23.0 Å². The lowest BCUT2D eigenvalue weighted by atomic mass is 9.89. The van der Waals surface area contributed by atoms with Gasteiger partial charge in [0.2, 0.25) is 5.91 Å². The topological polar surface area (TPSA) is 119 Å². The van der Waals surface area contributed by atoms with Crippen molar-refractivity contribution in [2.45, 2.75) is 31.7 Å². The molecule has 0 unspecified atom stereocenters. The summed E-state index contributed by atoms with van der Waals surface area (Å²) in [5, 5.41) is 25.1. The zero-order valence-electron chi connectivity index (χ0n) is 13.0.